The first-order chi connectivity index (χ1) is 20.0. The zero-order chi connectivity index (χ0) is 27.9. The van der Waals surface area contributed by atoms with E-state index in [9.17, 15) is 4.79 Å². The molecule has 0 radical (unpaired) electrons. The van der Waals surface area contributed by atoms with E-state index in [0.717, 1.165) is 37.2 Å². The molecule has 1 fully saturated rings. The third kappa shape index (κ3) is 5.19. The Bertz CT molecular complexity index is 1630. The maximum Gasteiger partial charge on any atom is 0.264 e. The molecule has 0 bridgehead atoms. The quantitative estimate of drug-likeness (QED) is 0.240. The average Bonchev–Trinajstić information content (AvgIpc) is 3.33. The fourth-order valence-electron chi connectivity index (χ4n) is 6.26. The van der Waals surface area contributed by atoms with Crippen LogP contribution in [0, 0.1) is 0 Å². The molecule has 41 heavy (non-hydrogen) atoms. The van der Waals surface area contributed by atoms with Crippen LogP contribution in [0.4, 0.5) is 11.4 Å². The van der Waals surface area contributed by atoms with Gasteiger partial charge in [0.25, 0.3) is 5.91 Å². The van der Waals surface area contributed by atoms with Crippen LogP contribution < -0.4 is 10.2 Å². The average molecular weight is 597 g/mol. The van der Waals surface area contributed by atoms with E-state index in [-0.39, 0.29) is 5.91 Å². The number of anilines is 1. The monoisotopic (exact) mass is 595 g/mol. The summed E-state index contributed by atoms with van der Waals surface area (Å²) < 4.78 is 0. The lowest BCUT2D eigenvalue weighted by atomic mass is 9.76. The van der Waals surface area contributed by atoms with Gasteiger partial charge in [-0.25, -0.2) is 4.99 Å². The minimum Gasteiger partial charge on any atom is -0.371 e. The van der Waals surface area contributed by atoms with Crippen molar-refractivity contribution in [2.75, 3.05) is 18.0 Å². The Kier molecular flexibility index (Phi) is 7.11. The van der Waals surface area contributed by atoms with E-state index < -0.39 is 0 Å². The molecule has 0 spiro atoms. The first-order valence-electron chi connectivity index (χ1n) is 13.8. The van der Waals surface area contributed by atoms with Gasteiger partial charge in [0.1, 0.15) is 0 Å². The van der Waals surface area contributed by atoms with Crippen molar-refractivity contribution in [1.82, 2.24) is 5.32 Å². The Morgan fingerprint density at radius 1 is 0.829 bits per heavy atom. The van der Waals surface area contributed by atoms with E-state index in [0.29, 0.717) is 32.0 Å². The van der Waals surface area contributed by atoms with E-state index >= 15 is 0 Å². The van der Waals surface area contributed by atoms with Gasteiger partial charge in [-0.2, -0.15) is 0 Å². The highest BCUT2D eigenvalue weighted by Gasteiger charge is 2.35. The van der Waals surface area contributed by atoms with E-state index in [4.69, 9.17) is 28.2 Å². The van der Waals surface area contributed by atoms with E-state index in [1.807, 2.05) is 6.07 Å². The van der Waals surface area contributed by atoms with Crippen LogP contribution in [0.1, 0.15) is 52.5 Å². The summed E-state index contributed by atoms with van der Waals surface area (Å²) in [6, 6.07) is 31.3. The Balaban J connectivity index is 1.31. The molecule has 0 aromatic heterocycles. The third-order valence-corrected chi connectivity index (χ3v) is 9.60. The second-order valence-electron chi connectivity index (χ2n) is 10.6. The van der Waals surface area contributed by atoms with Crippen LogP contribution in [0.25, 0.3) is 6.08 Å². The predicted octanol–water partition coefficient (Wildman–Crippen LogP) is 8.76. The van der Waals surface area contributed by atoms with E-state index in [1.54, 1.807) is 18.2 Å². The van der Waals surface area contributed by atoms with Gasteiger partial charge < -0.3 is 10.2 Å². The Labute approximate surface area is 254 Å². The SMILES string of the molecule is O=C1NC(=Nc2cc3c4c(c2)[C@H](c2ccccc2)CCN4CC[C@@H]3c2ccccc2)S/C1=C\c1ccc(Cl)cc1Cl. The number of hydrogen-bond acceptors (Lipinski definition) is 4. The molecule has 1 saturated heterocycles. The Hall–Kier alpha value is -3.51. The summed E-state index contributed by atoms with van der Waals surface area (Å²) in [7, 11) is 0. The summed E-state index contributed by atoms with van der Waals surface area (Å²) in [5.74, 6) is 0.406. The third-order valence-electron chi connectivity index (χ3n) is 8.13. The van der Waals surface area contributed by atoms with Gasteiger partial charge >= 0.3 is 0 Å². The molecular weight excluding hydrogens is 569 g/mol. The predicted molar refractivity (Wildman–Crippen MR) is 172 cm³/mol. The van der Waals surface area contributed by atoms with E-state index in [1.165, 1.54) is 39.7 Å². The number of carbonyl (C=O) groups excluding carboxylic acids is 1. The lowest BCUT2D eigenvalue weighted by molar-refractivity contribution is -0.115. The summed E-state index contributed by atoms with van der Waals surface area (Å²) in [4.78, 5) is 21.0. The molecule has 3 heterocycles. The van der Waals surface area contributed by atoms with Gasteiger partial charge in [-0.15, -0.1) is 0 Å². The number of aliphatic imine (C=N–C) groups is 1. The molecule has 204 valence electrons. The minimum atomic E-state index is -0.186. The molecule has 1 N–H and O–H groups in total. The van der Waals surface area contributed by atoms with Crippen molar-refractivity contribution in [2.45, 2.75) is 24.7 Å². The van der Waals surface area contributed by atoms with Crippen molar-refractivity contribution >= 4 is 63.5 Å². The Morgan fingerprint density at radius 3 is 2.02 bits per heavy atom. The first-order valence-corrected chi connectivity index (χ1v) is 15.4. The fraction of sp³-hybridized carbons (Fsp3) is 0.176. The molecule has 4 nitrogen and oxygen atoms in total. The number of rotatable bonds is 4. The number of nitrogens with zero attached hydrogens (tertiary/aromatic N) is 2. The van der Waals surface area contributed by atoms with Crippen molar-refractivity contribution in [3.05, 3.63) is 134 Å². The van der Waals surface area contributed by atoms with Crippen LogP contribution in [0.15, 0.2) is 101 Å². The molecule has 7 heteroatoms. The molecule has 2 atom stereocenters. The highest BCUT2D eigenvalue weighted by molar-refractivity contribution is 8.18. The number of amidine groups is 1. The lowest BCUT2D eigenvalue weighted by Gasteiger charge is -2.43. The zero-order valence-electron chi connectivity index (χ0n) is 22.2. The van der Waals surface area contributed by atoms with Gasteiger partial charge in [-0.05, 0) is 82.8 Å². The topological polar surface area (TPSA) is 44.7 Å². The van der Waals surface area contributed by atoms with Crippen LogP contribution in [-0.4, -0.2) is 24.2 Å². The van der Waals surface area contributed by atoms with Gasteiger partial charge in [0.15, 0.2) is 5.17 Å². The molecular formula is C34H27Cl2N3OS. The van der Waals surface area contributed by atoms with Crippen LogP contribution in [0.2, 0.25) is 10.0 Å². The highest BCUT2D eigenvalue weighted by Crippen LogP contribution is 2.50. The van der Waals surface area contributed by atoms with E-state index in [2.05, 4.69) is 83.0 Å². The molecule has 1 amide bonds. The maximum atomic E-state index is 12.9. The van der Waals surface area contributed by atoms with Crippen molar-refractivity contribution in [3.63, 3.8) is 0 Å². The standard InChI is InChI=1S/C34H27Cl2N3OS/c35-24-12-11-23(30(36)18-24)17-31-33(40)38-34(41-31)37-25-19-28-26(21-7-3-1-4-8-21)13-15-39-16-14-27(29(20-25)32(28)39)22-9-5-2-6-10-22/h1-12,17-20,26-27H,13-16H2,(H,37,38,40)/b31-17-/t26-,27+. The van der Waals surface area contributed by atoms with Crippen molar-refractivity contribution in [1.29, 1.82) is 0 Å². The molecule has 4 aromatic carbocycles. The van der Waals surface area contributed by atoms with Gasteiger partial charge in [-0.1, -0.05) is 89.9 Å². The fourth-order valence-corrected chi connectivity index (χ4v) is 7.56. The van der Waals surface area contributed by atoms with Crippen LogP contribution in [0.5, 0.6) is 0 Å². The van der Waals surface area contributed by atoms with Gasteiger partial charge in [0.05, 0.1) is 10.6 Å². The molecule has 4 aromatic rings. The molecule has 3 aliphatic heterocycles. The summed E-state index contributed by atoms with van der Waals surface area (Å²) >= 11 is 13.7. The summed E-state index contributed by atoms with van der Waals surface area (Å²) in [6.07, 6.45) is 3.91. The number of hydrogen-bond donors (Lipinski definition) is 1. The van der Waals surface area contributed by atoms with Crippen LogP contribution in [-0.2, 0) is 4.79 Å². The first kappa shape index (κ1) is 26.4. The zero-order valence-corrected chi connectivity index (χ0v) is 24.5. The van der Waals surface area contributed by atoms with Crippen LogP contribution >= 0.6 is 35.0 Å². The van der Waals surface area contributed by atoms with Gasteiger partial charge in [0, 0.05) is 40.7 Å². The van der Waals surface area contributed by atoms with Crippen molar-refractivity contribution < 1.29 is 4.79 Å². The van der Waals surface area contributed by atoms with Crippen molar-refractivity contribution in [3.8, 4) is 0 Å². The Morgan fingerprint density at radius 2 is 1.44 bits per heavy atom. The smallest absolute Gasteiger partial charge is 0.264 e. The largest absolute Gasteiger partial charge is 0.371 e. The number of thioether (sulfide) groups is 1. The minimum absolute atomic E-state index is 0.186. The molecule has 3 aliphatic rings. The molecule has 7 rings (SSSR count). The number of benzene rings is 4. The maximum absolute atomic E-state index is 12.9. The number of halogens is 2. The normalized spacial score (nSPS) is 21.7. The highest BCUT2D eigenvalue weighted by atomic mass is 35.5. The van der Waals surface area contributed by atoms with Crippen molar-refractivity contribution in [2.24, 2.45) is 4.99 Å². The number of carbonyl (C=O) groups is 1. The number of amides is 1. The summed E-state index contributed by atoms with van der Waals surface area (Å²) in [6.45, 7) is 2.09. The molecule has 0 saturated carbocycles. The molecule has 0 unspecified atom stereocenters. The second kappa shape index (κ2) is 11.1. The lowest BCUT2D eigenvalue weighted by Crippen LogP contribution is -2.37. The summed E-state index contributed by atoms with van der Waals surface area (Å²) in [5, 5.41) is 4.58. The van der Waals surface area contributed by atoms with Crippen LogP contribution in [0.3, 0.4) is 0 Å². The van der Waals surface area contributed by atoms with Gasteiger partial charge in [0.2, 0.25) is 0 Å². The molecule has 0 aliphatic carbocycles. The second-order valence-corrected chi connectivity index (χ2v) is 12.5. The number of nitrogens with one attached hydrogen (secondary N) is 1. The summed E-state index contributed by atoms with van der Waals surface area (Å²) in [5.41, 5.74) is 8.25. The van der Waals surface area contributed by atoms with Gasteiger partial charge in [-0.3, -0.25) is 4.79 Å².